The second-order valence-corrected chi connectivity index (χ2v) is 13.9. The lowest BCUT2D eigenvalue weighted by molar-refractivity contribution is -0.140. The van der Waals surface area contributed by atoms with Gasteiger partial charge < -0.3 is 10.2 Å². The molecule has 43 heavy (non-hydrogen) atoms. The molecule has 1 atom stereocenters. The van der Waals surface area contributed by atoms with Gasteiger partial charge in [-0.2, -0.15) is 0 Å². The Bertz CT molecular complexity index is 1470. The number of nitrogens with zero attached hydrogens (tertiary/aromatic N) is 2. The topological polar surface area (TPSA) is 86.8 Å². The second kappa shape index (κ2) is 14.7. The van der Waals surface area contributed by atoms with E-state index in [9.17, 15) is 18.0 Å². The summed E-state index contributed by atoms with van der Waals surface area (Å²) in [7, 11) is -3.80. The zero-order chi connectivity index (χ0) is 31.0. The lowest BCUT2D eigenvalue weighted by atomic mass is 9.94. The summed E-state index contributed by atoms with van der Waals surface area (Å²) >= 11 is 0. The van der Waals surface area contributed by atoms with Crippen LogP contribution in [0.3, 0.4) is 0 Å². The van der Waals surface area contributed by atoms with E-state index in [-0.39, 0.29) is 24.4 Å². The van der Waals surface area contributed by atoms with Crippen molar-refractivity contribution < 1.29 is 18.0 Å². The van der Waals surface area contributed by atoms with Crippen LogP contribution in [0.25, 0.3) is 0 Å². The van der Waals surface area contributed by atoms with Crippen LogP contribution in [-0.2, 0) is 32.6 Å². The molecule has 1 fully saturated rings. The van der Waals surface area contributed by atoms with Crippen LogP contribution >= 0.6 is 0 Å². The molecule has 0 spiro atoms. The number of carbonyl (C=O) groups is 2. The number of hydrogen-bond acceptors (Lipinski definition) is 4. The van der Waals surface area contributed by atoms with Crippen molar-refractivity contribution >= 4 is 27.5 Å². The number of carbonyl (C=O) groups excluding carboxylic acids is 2. The van der Waals surface area contributed by atoms with E-state index in [1.54, 1.807) is 17.0 Å². The van der Waals surface area contributed by atoms with Crippen LogP contribution < -0.4 is 9.62 Å². The minimum absolute atomic E-state index is 0.0712. The van der Waals surface area contributed by atoms with Gasteiger partial charge in [-0.3, -0.25) is 13.9 Å². The number of rotatable bonds is 12. The Labute approximate surface area is 257 Å². The summed E-state index contributed by atoms with van der Waals surface area (Å²) in [6.07, 6.45) is 6.57. The number of aryl methyl sites for hydroxylation is 1. The summed E-state index contributed by atoms with van der Waals surface area (Å²) in [5.41, 5.74) is 4.33. The van der Waals surface area contributed by atoms with E-state index >= 15 is 0 Å². The second-order valence-electron chi connectivity index (χ2n) is 12.0. The van der Waals surface area contributed by atoms with Crippen LogP contribution in [0.5, 0.6) is 0 Å². The summed E-state index contributed by atoms with van der Waals surface area (Å²) in [5, 5.41) is 3.24. The standard InChI is InChI=1S/C35H45N3O4S/c1-26(2)29-19-21-32(22-20-29)38(43(4,41)42)25-34(39)37(24-30-16-12-11-13-27(30)3)33(23-28-14-7-5-8-15-28)35(40)36-31-17-9-6-10-18-31/h5,7-8,11-16,19-22,26,31,33H,6,9-10,17-18,23-25H2,1-4H3,(H,36,40). The minimum atomic E-state index is -3.80. The number of sulfonamides is 1. The van der Waals surface area contributed by atoms with E-state index in [1.165, 1.54) is 0 Å². The molecular formula is C35H45N3O4S. The molecule has 1 aliphatic rings. The SMILES string of the molecule is Cc1ccccc1CN(C(=O)CN(c1ccc(C(C)C)cc1)S(C)(=O)=O)C(Cc1ccccc1)C(=O)NC1CCCCC1. The van der Waals surface area contributed by atoms with Gasteiger partial charge >= 0.3 is 0 Å². The Kier molecular flexibility index (Phi) is 11.0. The predicted molar refractivity (Wildman–Crippen MR) is 173 cm³/mol. The van der Waals surface area contributed by atoms with Gasteiger partial charge in [0.15, 0.2) is 0 Å². The number of benzene rings is 3. The molecule has 0 aliphatic heterocycles. The number of hydrogen-bond donors (Lipinski definition) is 1. The van der Waals surface area contributed by atoms with E-state index in [1.807, 2.05) is 73.7 Å². The smallest absolute Gasteiger partial charge is 0.244 e. The fourth-order valence-electron chi connectivity index (χ4n) is 5.71. The lowest BCUT2D eigenvalue weighted by Gasteiger charge is -2.35. The average molecular weight is 604 g/mol. The van der Waals surface area contributed by atoms with Crippen molar-refractivity contribution in [3.63, 3.8) is 0 Å². The molecule has 0 radical (unpaired) electrons. The Hall–Kier alpha value is -3.65. The van der Waals surface area contributed by atoms with Crippen LogP contribution in [0.15, 0.2) is 78.9 Å². The van der Waals surface area contributed by atoms with Crippen LogP contribution in [0.4, 0.5) is 5.69 Å². The quantitative estimate of drug-likeness (QED) is 0.276. The Morgan fingerprint density at radius 3 is 2.12 bits per heavy atom. The molecule has 4 rings (SSSR count). The molecule has 1 N–H and O–H groups in total. The van der Waals surface area contributed by atoms with E-state index in [2.05, 4.69) is 19.2 Å². The van der Waals surface area contributed by atoms with Gasteiger partial charge in [-0.05, 0) is 60.1 Å². The van der Waals surface area contributed by atoms with Gasteiger partial charge in [0.05, 0.1) is 11.9 Å². The van der Waals surface area contributed by atoms with Crippen LogP contribution in [0.2, 0.25) is 0 Å². The highest BCUT2D eigenvalue weighted by Gasteiger charge is 2.34. The zero-order valence-corrected chi connectivity index (χ0v) is 26.6. The molecule has 8 heteroatoms. The first-order chi connectivity index (χ1) is 20.5. The first kappa shape index (κ1) is 32.3. The van der Waals surface area contributed by atoms with Gasteiger partial charge in [-0.1, -0.05) is 99.8 Å². The van der Waals surface area contributed by atoms with Crippen LogP contribution in [0.1, 0.15) is 74.1 Å². The van der Waals surface area contributed by atoms with Crippen molar-refractivity contribution in [3.05, 3.63) is 101 Å². The van der Waals surface area contributed by atoms with Crippen molar-refractivity contribution in [1.29, 1.82) is 0 Å². The Morgan fingerprint density at radius 1 is 0.884 bits per heavy atom. The first-order valence-electron chi connectivity index (χ1n) is 15.3. The van der Waals surface area contributed by atoms with E-state index in [0.717, 1.165) is 64.9 Å². The highest BCUT2D eigenvalue weighted by atomic mass is 32.2. The van der Waals surface area contributed by atoms with Crippen LogP contribution in [-0.4, -0.2) is 50.0 Å². The molecule has 0 saturated heterocycles. The predicted octanol–water partition coefficient (Wildman–Crippen LogP) is 5.97. The number of anilines is 1. The van der Waals surface area contributed by atoms with E-state index in [0.29, 0.717) is 12.1 Å². The normalized spacial score (nSPS) is 14.7. The third-order valence-electron chi connectivity index (χ3n) is 8.35. The molecule has 2 amide bonds. The van der Waals surface area contributed by atoms with Crippen molar-refractivity contribution in [1.82, 2.24) is 10.2 Å². The third-order valence-corrected chi connectivity index (χ3v) is 9.49. The van der Waals surface area contributed by atoms with E-state index in [4.69, 9.17) is 0 Å². The van der Waals surface area contributed by atoms with Crippen molar-refractivity contribution in [2.45, 2.75) is 83.8 Å². The molecule has 3 aromatic carbocycles. The van der Waals surface area contributed by atoms with Gasteiger partial charge in [0.25, 0.3) is 0 Å². The molecule has 1 unspecified atom stereocenters. The Balaban J connectivity index is 1.72. The summed E-state index contributed by atoms with van der Waals surface area (Å²) in [4.78, 5) is 30.0. The highest BCUT2D eigenvalue weighted by molar-refractivity contribution is 7.92. The summed E-state index contributed by atoms with van der Waals surface area (Å²) in [5.74, 6) is -0.348. The molecule has 230 valence electrons. The van der Waals surface area contributed by atoms with Crippen molar-refractivity contribution in [2.75, 3.05) is 17.1 Å². The van der Waals surface area contributed by atoms with Crippen LogP contribution in [0, 0.1) is 6.92 Å². The summed E-state index contributed by atoms with van der Waals surface area (Å²) < 4.78 is 27.3. The van der Waals surface area contributed by atoms with Gasteiger partial charge in [0.1, 0.15) is 12.6 Å². The third kappa shape index (κ3) is 8.92. The van der Waals surface area contributed by atoms with Crippen molar-refractivity contribution in [3.8, 4) is 0 Å². The van der Waals surface area contributed by atoms with Gasteiger partial charge in [-0.15, -0.1) is 0 Å². The Morgan fingerprint density at radius 2 is 1.51 bits per heavy atom. The first-order valence-corrected chi connectivity index (χ1v) is 17.1. The van der Waals surface area contributed by atoms with Gasteiger partial charge in [-0.25, -0.2) is 8.42 Å². The fourth-order valence-corrected chi connectivity index (χ4v) is 6.56. The lowest BCUT2D eigenvalue weighted by Crippen LogP contribution is -2.55. The molecule has 0 bridgehead atoms. The molecule has 1 aliphatic carbocycles. The molecule has 0 heterocycles. The monoisotopic (exact) mass is 603 g/mol. The number of amides is 2. The number of nitrogens with one attached hydrogen (secondary N) is 1. The maximum absolute atomic E-state index is 14.3. The fraction of sp³-hybridized carbons (Fsp3) is 0.429. The molecular weight excluding hydrogens is 558 g/mol. The summed E-state index contributed by atoms with van der Waals surface area (Å²) in [6.45, 7) is 5.90. The summed E-state index contributed by atoms with van der Waals surface area (Å²) in [6, 6.07) is 24.0. The molecule has 1 saturated carbocycles. The molecule has 3 aromatic rings. The maximum Gasteiger partial charge on any atom is 0.244 e. The maximum atomic E-state index is 14.3. The average Bonchev–Trinajstić information content (AvgIpc) is 2.99. The molecule has 0 aromatic heterocycles. The minimum Gasteiger partial charge on any atom is -0.352 e. The van der Waals surface area contributed by atoms with Gasteiger partial charge in [0.2, 0.25) is 21.8 Å². The highest BCUT2D eigenvalue weighted by Crippen LogP contribution is 2.24. The van der Waals surface area contributed by atoms with Crippen molar-refractivity contribution in [2.24, 2.45) is 0 Å². The van der Waals surface area contributed by atoms with Gasteiger partial charge in [0, 0.05) is 19.0 Å². The molecule has 7 nitrogen and oxygen atoms in total. The largest absolute Gasteiger partial charge is 0.352 e. The van der Waals surface area contributed by atoms with E-state index < -0.39 is 28.5 Å². The zero-order valence-electron chi connectivity index (χ0n) is 25.8.